The van der Waals surface area contributed by atoms with Crippen molar-refractivity contribution in [1.82, 2.24) is 15.2 Å². The smallest absolute Gasteiger partial charge is 0.236 e. The number of nitrogens with zero attached hydrogens (tertiary/aromatic N) is 2. The van der Waals surface area contributed by atoms with Crippen LogP contribution in [0.5, 0.6) is 0 Å². The largest absolute Gasteiger partial charge is 0.343 e. The van der Waals surface area contributed by atoms with Gasteiger partial charge >= 0.3 is 0 Å². The zero-order valence-corrected chi connectivity index (χ0v) is 8.00. The fourth-order valence-corrected chi connectivity index (χ4v) is 0.719. The number of hydrazine groups is 1. The number of rotatable bonds is 5. The molecule has 0 aromatic rings. The number of hydrogen-bond acceptors (Lipinski definition) is 4. The highest BCUT2D eigenvalue weighted by Gasteiger charge is 2.06. The Labute approximate surface area is 73.5 Å². The lowest BCUT2D eigenvalue weighted by molar-refractivity contribution is -0.129. The third-order valence-electron chi connectivity index (χ3n) is 1.54. The summed E-state index contributed by atoms with van der Waals surface area (Å²) < 4.78 is 0. The summed E-state index contributed by atoms with van der Waals surface area (Å²) in [4.78, 5) is 12.8. The van der Waals surface area contributed by atoms with Crippen LogP contribution in [0, 0.1) is 0 Å². The van der Waals surface area contributed by atoms with Crippen LogP contribution >= 0.6 is 0 Å². The van der Waals surface area contributed by atoms with Crippen LogP contribution in [0.1, 0.15) is 0 Å². The lowest BCUT2D eigenvalue weighted by Crippen LogP contribution is -2.40. The Kier molecular flexibility index (Phi) is 5.61. The van der Waals surface area contributed by atoms with Crippen LogP contribution in [0.15, 0.2) is 0 Å². The molecule has 3 N–H and O–H groups in total. The van der Waals surface area contributed by atoms with E-state index in [9.17, 15) is 4.79 Å². The Morgan fingerprint density at radius 2 is 2.00 bits per heavy atom. The fraction of sp³-hybridized carbons (Fsp3) is 0.857. The number of carbonyl (C=O) groups is 1. The predicted octanol–water partition coefficient (Wildman–Crippen LogP) is -1.53. The molecule has 0 saturated heterocycles. The first-order valence-corrected chi connectivity index (χ1v) is 3.92. The predicted molar refractivity (Wildman–Crippen MR) is 48.4 cm³/mol. The van der Waals surface area contributed by atoms with Gasteiger partial charge < -0.3 is 10.2 Å². The molecule has 0 saturated carbocycles. The van der Waals surface area contributed by atoms with Crippen molar-refractivity contribution in [2.45, 2.75) is 0 Å². The zero-order valence-electron chi connectivity index (χ0n) is 8.00. The molecule has 0 aliphatic rings. The summed E-state index contributed by atoms with van der Waals surface area (Å²) in [7, 11) is 5.29. The molecule has 0 aliphatic carbocycles. The molecule has 0 atom stereocenters. The third kappa shape index (κ3) is 5.06. The summed E-state index contributed by atoms with van der Waals surface area (Å²) in [5, 5.41) is 4.36. The second-order valence-corrected chi connectivity index (χ2v) is 2.83. The van der Waals surface area contributed by atoms with E-state index in [-0.39, 0.29) is 5.91 Å². The maximum Gasteiger partial charge on any atom is 0.236 e. The standard InChI is InChI=1S/C7H18N4O/c1-9-6-7(12)10(2)4-5-11(3)8/h9H,4-6,8H2,1-3H3. The van der Waals surface area contributed by atoms with Gasteiger partial charge in [-0.1, -0.05) is 0 Å². The Morgan fingerprint density at radius 3 is 2.42 bits per heavy atom. The highest BCUT2D eigenvalue weighted by Crippen LogP contribution is 1.83. The average Bonchev–Trinajstić information content (AvgIpc) is 2.00. The molecule has 0 heterocycles. The van der Waals surface area contributed by atoms with E-state index in [1.165, 1.54) is 0 Å². The van der Waals surface area contributed by atoms with E-state index in [0.29, 0.717) is 19.6 Å². The molecule has 0 unspecified atom stereocenters. The molecular weight excluding hydrogens is 156 g/mol. The van der Waals surface area contributed by atoms with E-state index in [0.717, 1.165) is 0 Å². The third-order valence-corrected chi connectivity index (χ3v) is 1.54. The van der Waals surface area contributed by atoms with Gasteiger partial charge in [-0.05, 0) is 7.05 Å². The number of nitrogens with one attached hydrogen (secondary N) is 1. The van der Waals surface area contributed by atoms with Crippen LogP contribution in [0.25, 0.3) is 0 Å². The second-order valence-electron chi connectivity index (χ2n) is 2.83. The van der Waals surface area contributed by atoms with E-state index in [1.807, 2.05) is 0 Å². The van der Waals surface area contributed by atoms with Crippen molar-refractivity contribution >= 4 is 5.91 Å². The van der Waals surface area contributed by atoms with E-state index >= 15 is 0 Å². The molecule has 5 heteroatoms. The highest BCUT2D eigenvalue weighted by atomic mass is 16.2. The van der Waals surface area contributed by atoms with E-state index in [2.05, 4.69) is 5.32 Å². The minimum atomic E-state index is 0.0827. The van der Waals surface area contributed by atoms with Crippen molar-refractivity contribution in [3.05, 3.63) is 0 Å². The van der Waals surface area contributed by atoms with Gasteiger partial charge in [-0.3, -0.25) is 10.6 Å². The van der Waals surface area contributed by atoms with Crippen LogP contribution in [0.3, 0.4) is 0 Å². The summed E-state index contributed by atoms with van der Waals surface area (Å²) in [6, 6.07) is 0. The minimum Gasteiger partial charge on any atom is -0.343 e. The van der Waals surface area contributed by atoms with Crippen molar-refractivity contribution in [2.75, 3.05) is 40.8 Å². The van der Waals surface area contributed by atoms with Gasteiger partial charge in [0.25, 0.3) is 0 Å². The minimum absolute atomic E-state index is 0.0827. The first-order chi connectivity index (χ1) is 5.57. The second kappa shape index (κ2) is 5.93. The molecule has 12 heavy (non-hydrogen) atoms. The van der Waals surface area contributed by atoms with Crippen LogP contribution in [0.2, 0.25) is 0 Å². The quantitative estimate of drug-likeness (QED) is 0.392. The number of carbonyl (C=O) groups excluding carboxylic acids is 1. The Hall–Kier alpha value is -0.650. The first kappa shape index (κ1) is 11.4. The summed E-state index contributed by atoms with van der Waals surface area (Å²) in [6.45, 7) is 1.73. The monoisotopic (exact) mass is 174 g/mol. The van der Waals surface area contributed by atoms with Gasteiger partial charge in [0.1, 0.15) is 0 Å². The van der Waals surface area contributed by atoms with Crippen molar-refractivity contribution in [3.63, 3.8) is 0 Å². The average molecular weight is 174 g/mol. The van der Waals surface area contributed by atoms with Gasteiger partial charge in [0.15, 0.2) is 0 Å². The van der Waals surface area contributed by atoms with Gasteiger partial charge in [-0.2, -0.15) is 0 Å². The Bertz CT molecular complexity index is 137. The molecule has 0 aliphatic heterocycles. The maximum atomic E-state index is 11.2. The van der Waals surface area contributed by atoms with Gasteiger partial charge in [0.2, 0.25) is 5.91 Å². The lowest BCUT2D eigenvalue weighted by atomic mass is 10.4. The first-order valence-electron chi connectivity index (χ1n) is 3.92. The number of nitrogens with two attached hydrogens (primary N) is 1. The molecule has 0 spiro atoms. The van der Waals surface area contributed by atoms with Crippen LogP contribution in [-0.4, -0.2) is 56.6 Å². The van der Waals surface area contributed by atoms with E-state index < -0.39 is 0 Å². The van der Waals surface area contributed by atoms with Gasteiger partial charge in [0, 0.05) is 27.2 Å². The maximum absolute atomic E-state index is 11.2. The Balaban J connectivity index is 3.56. The van der Waals surface area contributed by atoms with Crippen molar-refractivity contribution in [1.29, 1.82) is 0 Å². The molecule has 0 rings (SSSR count). The molecule has 0 aromatic carbocycles. The number of amides is 1. The molecule has 0 aromatic heterocycles. The van der Waals surface area contributed by atoms with E-state index in [1.54, 1.807) is 31.1 Å². The Morgan fingerprint density at radius 1 is 1.42 bits per heavy atom. The van der Waals surface area contributed by atoms with E-state index in [4.69, 9.17) is 5.84 Å². The van der Waals surface area contributed by atoms with Gasteiger partial charge in [-0.15, -0.1) is 0 Å². The van der Waals surface area contributed by atoms with Crippen LogP contribution in [-0.2, 0) is 4.79 Å². The van der Waals surface area contributed by atoms with Crippen molar-refractivity contribution in [3.8, 4) is 0 Å². The van der Waals surface area contributed by atoms with Crippen LogP contribution < -0.4 is 11.2 Å². The SMILES string of the molecule is CNCC(=O)N(C)CCN(C)N. The summed E-state index contributed by atoms with van der Waals surface area (Å²) in [5.41, 5.74) is 0. The summed E-state index contributed by atoms with van der Waals surface area (Å²) >= 11 is 0. The van der Waals surface area contributed by atoms with Gasteiger partial charge in [0.05, 0.1) is 6.54 Å². The van der Waals surface area contributed by atoms with Crippen molar-refractivity contribution < 1.29 is 4.79 Å². The molecule has 0 fully saturated rings. The fourth-order valence-electron chi connectivity index (χ4n) is 0.719. The van der Waals surface area contributed by atoms with Crippen LogP contribution in [0.4, 0.5) is 0 Å². The molecule has 72 valence electrons. The molecule has 0 bridgehead atoms. The highest BCUT2D eigenvalue weighted by molar-refractivity contribution is 5.77. The molecule has 0 radical (unpaired) electrons. The topological polar surface area (TPSA) is 61.6 Å². The lowest BCUT2D eigenvalue weighted by Gasteiger charge is -2.19. The number of hydrogen-bond donors (Lipinski definition) is 2. The van der Waals surface area contributed by atoms with Gasteiger partial charge in [-0.25, -0.2) is 5.01 Å². The summed E-state index contributed by atoms with van der Waals surface area (Å²) in [6.07, 6.45) is 0. The molecular formula is C7H18N4O. The molecule has 1 amide bonds. The zero-order chi connectivity index (χ0) is 9.56. The number of likely N-dealkylation sites (N-methyl/N-ethyl adjacent to an activating group) is 3. The summed E-state index contributed by atoms with van der Waals surface area (Å²) in [5.74, 6) is 5.48. The molecule has 5 nitrogen and oxygen atoms in total. The van der Waals surface area contributed by atoms with Crippen molar-refractivity contribution in [2.24, 2.45) is 5.84 Å². The normalized spacial score (nSPS) is 10.4.